The highest BCUT2D eigenvalue weighted by Gasteiger charge is 2.25. The molecule has 0 aliphatic carbocycles. The maximum Gasteiger partial charge on any atom is 0.261 e. The number of nitrogens with one attached hydrogen (secondary N) is 2. The van der Waals surface area contributed by atoms with Gasteiger partial charge in [0.25, 0.3) is 15.9 Å². The Hall–Kier alpha value is -2.27. The summed E-state index contributed by atoms with van der Waals surface area (Å²) in [6.07, 6.45) is -1.18. The molecule has 0 saturated heterocycles. The number of benzene rings is 2. The number of aliphatic hydroxyl groups is 2. The van der Waals surface area contributed by atoms with Gasteiger partial charge >= 0.3 is 0 Å². The molecule has 0 aliphatic heterocycles. The molecule has 28 heavy (non-hydrogen) atoms. The molecule has 0 fully saturated rings. The normalized spacial score (nSPS) is 13.4. The van der Waals surface area contributed by atoms with Crippen LogP contribution in [-0.4, -0.2) is 49.1 Å². The first-order chi connectivity index (χ1) is 13.1. The van der Waals surface area contributed by atoms with Gasteiger partial charge in [0.05, 0.1) is 11.0 Å². The Balaban J connectivity index is 2.11. The summed E-state index contributed by atoms with van der Waals surface area (Å²) in [6.45, 7) is 0.505. The van der Waals surface area contributed by atoms with Crippen molar-refractivity contribution in [3.63, 3.8) is 0 Å². The molecule has 0 saturated carbocycles. The van der Waals surface area contributed by atoms with Crippen molar-refractivity contribution in [2.24, 2.45) is 0 Å². The molecule has 4 N–H and O–H groups in total. The predicted octanol–water partition coefficient (Wildman–Crippen LogP) is 1.29. The lowest BCUT2D eigenvalue weighted by Crippen LogP contribution is -2.48. The molecule has 0 aromatic heterocycles. The highest BCUT2D eigenvalue weighted by atomic mass is 79.9. The average Bonchev–Trinajstić information content (AvgIpc) is 2.65. The number of anilines is 1. The minimum Gasteiger partial charge on any atom is -0.391 e. The van der Waals surface area contributed by atoms with Crippen molar-refractivity contribution in [1.29, 1.82) is 0 Å². The monoisotopic (exact) mass is 470 g/mol. The van der Waals surface area contributed by atoms with Gasteiger partial charge < -0.3 is 15.5 Å². The number of ketones is 1. The molecule has 2 atom stereocenters. The van der Waals surface area contributed by atoms with Gasteiger partial charge in [0, 0.05) is 15.7 Å². The minimum atomic E-state index is -3.78. The molecule has 0 heterocycles. The smallest absolute Gasteiger partial charge is 0.261 e. The van der Waals surface area contributed by atoms with Crippen LogP contribution in [0, 0.1) is 0 Å². The summed E-state index contributed by atoms with van der Waals surface area (Å²) in [5, 5.41) is 20.8. The van der Waals surface area contributed by atoms with Gasteiger partial charge in [0.1, 0.15) is 12.6 Å². The van der Waals surface area contributed by atoms with E-state index >= 15 is 0 Å². The van der Waals surface area contributed by atoms with E-state index in [1.165, 1.54) is 43.3 Å². The lowest BCUT2D eigenvalue weighted by molar-refractivity contribution is -0.125. The van der Waals surface area contributed by atoms with Crippen molar-refractivity contribution in [2.75, 3.05) is 11.3 Å². The molecule has 8 nitrogen and oxygen atoms in total. The van der Waals surface area contributed by atoms with Gasteiger partial charge in [-0.2, -0.15) is 0 Å². The molecule has 2 aromatic rings. The molecule has 2 rings (SSSR count). The zero-order chi connectivity index (χ0) is 20.9. The Morgan fingerprint density at radius 3 is 2.14 bits per heavy atom. The van der Waals surface area contributed by atoms with Gasteiger partial charge in [-0.15, -0.1) is 0 Å². The Morgan fingerprint density at radius 1 is 1.07 bits per heavy atom. The van der Waals surface area contributed by atoms with Crippen molar-refractivity contribution in [2.45, 2.75) is 24.0 Å². The van der Waals surface area contributed by atoms with Gasteiger partial charge in [-0.3, -0.25) is 14.3 Å². The van der Waals surface area contributed by atoms with E-state index in [2.05, 4.69) is 26.0 Å². The van der Waals surface area contributed by atoms with Crippen LogP contribution in [-0.2, 0) is 14.8 Å². The van der Waals surface area contributed by atoms with Crippen molar-refractivity contribution in [3.05, 3.63) is 58.6 Å². The van der Waals surface area contributed by atoms with Crippen LogP contribution in [0.5, 0.6) is 0 Å². The molecule has 0 spiro atoms. The Bertz CT molecular complexity index is 943. The van der Waals surface area contributed by atoms with E-state index in [0.29, 0.717) is 0 Å². The van der Waals surface area contributed by atoms with Crippen LogP contribution in [0.3, 0.4) is 0 Å². The summed E-state index contributed by atoms with van der Waals surface area (Å²) in [6, 6.07) is 10.4. The Morgan fingerprint density at radius 2 is 1.64 bits per heavy atom. The largest absolute Gasteiger partial charge is 0.391 e. The first-order valence-electron chi connectivity index (χ1n) is 8.15. The predicted molar refractivity (Wildman–Crippen MR) is 106 cm³/mol. The van der Waals surface area contributed by atoms with E-state index < -0.39 is 40.5 Å². The highest BCUT2D eigenvalue weighted by molar-refractivity contribution is 9.10. The standard InChI is InChI=1S/C18H19BrN2O6S/c1-11(23)17(16(24)10-22)20-18(25)12-2-6-14(7-3-12)21-28(26,27)15-8-4-13(19)5-9-15/h2-9,11,17,21-23H,10H2,1H3,(H,20,25)/t11-,17+/m1/s1. The van der Waals surface area contributed by atoms with Crippen LogP contribution >= 0.6 is 15.9 Å². The topological polar surface area (TPSA) is 133 Å². The number of halogens is 1. The number of rotatable bonds is 8. The first-order valence-corrected chi connectivity index (χ1v) is 10.4. The van der Waals surface area contributed by atoms with E-state index in [9.17, 15) is 23.1 Å². The van der Waals surface area contributed by atoms with Gasteiger partial charge in [-0.05, 0) is 55.5 Å². The van der Waals surface area contributed by atoms with E-state index in [0.717, 1.165) is 4.47 Å². The molecule has 1 amide bonds. The van der Waals surface area contributed by atoms with Crippen LogP contribution in [0.25, 0.3) is 0 Å². The van der Waals surface area contributed by atoms with Crippen LogP contribution in [0.2, 0.25) is 0 Å². The van der Waals surface area contributed by atoms with Gasteiger partial charge in [0.15, 0.2) is 5.78 Å². The number of carbonyl (C=O) groups is 2. The average molecular weight is 471 g/mol. The summed E-state index contributed by atoms with van der Waals surface area (Å²) in [5.41, 5.74) is 0.404. The first kappa shape index (κ1) is 22.0. The van der Waals surface area contributed by atoms with Crippen molar-refractivity contribution in [1.82, 2.24) is 5.32 Å². The third-order valence-electron chi connectivity index (χ3n) is 3.79. The number of carbonyl (C=O) groups excluding carboxylic acids is 2. The highest BCUT2D eigenvalue weighted by Crippen LogP contribution is 2.19. The lowest BCUT2D eigenvalue weighted by atomic mass is 10.1. The number of amides is 1. The van der Waals surface area contributed by atoms with Gasteiger partial charge in [-0.25, -0.2) is 8.42 Å². The molecule has 0 aliphatic rings. The molecule has 0 unspecified atom stereocenters. The molecular formula is C18H19BrN2O6S. The maximum atomic E-state index is 12.4. The third-order valence-corrected chi connectivity index (χ3v) is 5.72. The van der Waals surface area contributed by atoms with E-state index in [1.54, 1.807) is 12.1 Å². The summed E-state index contributed by atoms with van der Waals surface area (Å²) >= 11 is 3.24. The third kappa shape index (κ3) is 5.61. The fraction of sp³-hybridized carbons (Fsp3) is 0.222. The van der Waals surface area contributed by atoms with Crippen LogP contribution < -0.4 is 10.0 Å². The molecule has 0 radical (unpaired) electrons. The van der Waals surface area contributed by atoms with E-state index in [-0.39, 0.29) is 16.1 Å². The van der Waals surface area contributed by atoms with E-state index in [1.807, 2.05) is 0 Å². The SMILES string of the molecule is C[C@@H](O)[C@H](NC(=O)c1ccc(NS(=O)(=O)c2ccc(Br)cc2)cc1)C(=O)CO. The summed E-state index contributed by atoms with van der Waals surface area (Å²) < 4.78 is 27.9. The van der Waals surface area contributed by atoms with Gasteiger partial charge in [-0.1, -0.05) is 15.9 Å². The number of aliphatic hydroxyl groups excluding tert-OH is 2. The fourth-order valence-electron chi connectivity index (χ4n) is 2.31. The van der Waals surface area contributed by atoms with Gasteiger partial charge in [0.2, 0.25) is 0 Å². The molecule has 150 valence electrons. The van der Waals surface area contributed by atoms with Crippen LogP contribution in [0.15, 0.2) is 57.9 Å². The minimum absolute atomic E-state index is 0.0832. The summed E-state index contributed by atoms with van der Waals surface area (Å²) in [4.78, 5) is 23.9. The molecule has 0 bridgehead atoms. The fourth-order valence-corrected chi connectivity index (χ4v) is 3.63. The van der Waals surface area contributed by atoms with Crippen molar-refractivity contribution in [3.8, 4) is 0 Å². The number of hydrogen-bond donors (Lipinski definition) is 4. The number of Topliss-reactive ketones (excluding diaryl/α,β-unsaturated/α-hetero) is 1. The maximum absolute atomic E-state index is 12.4. The van der Waals surface area contributed by atoms with Crippen molar-refractivity contribution >= 4 is 43.3 Å². The second-order valence-electron chi connectivity index (χ2n) is 5.95. The van der Waals surface area contributed by atoms with Crippen molar-refractivity contribution < 1.29 is 28.2 Å². The quantitative estimate of drug-likeness (QED) is 0.459. The Labute approximate surface area is 170 Å². The zero-order valence-corrected chi connectivity index (χ0v) is 17.2. The van der Waals surface area contributed by atoms with E-state index in [4.69, 9.17) is 5.11 Å². The van der Waals surface area contributed by atoms with Crippen LogP contribution in [0.1, 0.15) is 17.3 Å². The second kappa shape index (κ2) is 9.28. The van der Waals surface area contributed by atoms with Crippen LogP contribution in [0.4, 0.5) is 5.69 Å². The molecule has 10 heteroatoms. The molecular weight excluding hydrogens is 452 g/mol. The second-order valence-corrected chi connectivity index (χ2v) is 8.55. The number of hydrogen-bond acceptors (Lipinski definition) is 6. The summed E-state index contributed by atoms with van der Waals surface area (Å²) in [5.74, 6) is -1.36. The summed E-state index contributed by atoms with van der Waals surface area (Å²) in [7, 11) is -3.78. The lowest BCUT2D eigenvalue weighted by Gasteiger charge is -2.19. The zero-order valence-electron chi connectivity index (χ0n) is 14.8. The number of sulfonamides is 1. The Kier molecular flexibility index (Phi) is 7.30. The molecule has 2 aromatic carbocycles.